The number of nitrogens with zero attached hydrogens (tertiary/aromatic N) is 4. The number of halogens is 1. The summed E-state index contributed by atoms with van der Waals surface area (Å²) in [6.45, 7) is 2.64. The molecule has 0 saturated carbocycles. The fourth-order valence-corrected chi connectivity index (χ4v) is 3.93. The van der Waals surface area contributed by atoms with Crippen molar-refractivity contribution >= 4 is 33.1 Å². The molecule has 0 saturated heterocycles. The molecule has 1 aromatic heterocycles. The first-order valence-corrected chi connectivity index (χ1v) is 9.80. The van der Waals surface area contributed by atoms with Gasteiger partial charge >= 0.3 is 0 Å². The number of para-hydroxylation sites is 1. The minimum Gasteiger partial charge on any atom is -0.310 e. The van der Waals surface area contributed by atoms with Crippen molar-refractivity contribution in [2.45, 2.75) is 25.9 Å². The fourth-order valence-electron chi connectivity index (χ4n) is 2.90. The number of rotatable bonds is 7. The molecule has 28 heavy (non-hydrogen) atoms. The molecule has 1 unspecified atom stereocenters. The van der Waals surface area contributed by atoms with E-state index in [4.69, 9.17) is 5.26 Å². The molecule has 0 fully saturated rings. The molecule has 0 aliphatic rings. The van der Waals surface area contributed by atoms with Crippen molar-refractivity contribution in [2.75, 3.05) is 18.5 Å². The zero-order chi connectivity index (χ0) is 20.1. The molecular formula is C21H21FN4OS. The van der Waals surface area contributed by atoms with Gasteiger partial charge in [-0.1, -0.05) is 12.1 Å². The van der Waals surface area contributed by atoms with Crippen molar-refractivity contribution in [3.63, 3.8) is 0 Å². The van der Waals surface area contributed by atoms with Crippen LogP contribution >= 0.6 is 11.3 Å². The number of carbonyl (C=O) groups excluding carboxylic acids is 1. The molecule has 1 heterocycles. The summed E-state index contributed by atoms with van der Waals surface area (Å²) >= 11 is 1.61. The number of thiazole rings is 1. The number of benzene rings is 2. The minimum atomic E-state index is -0.421. The average molecular weight is 396 g/mol. The molecule has 0 radical (unpaired) electrons. The van der Waals surface area contributed by atoms with Crippen molar-refractivity contribution in [3.05, 3.63) is 59.4 Å². The Kier molecular flexibility index (Phi) is 6.34. The van der Waals surface area contributed by atoms with Gasteiger partial charge in [-0.05, 0) is 50.4 Å². The van der Waals surface area contributed by atoms with Crippen LogP contribution in [0.1, 0.15) is 18.4 Å². The normalized spacial score (nSPS) is 12.1. The zero-order valence-corrected chi connectivity index (χ0v) is 16.6. The van der Waals surface area contributed by atoms with Gasteiger partial charge in [-0.3, -0.25) is 9.69 Å². The predicted molar refractivity (Wildman–Crippen MR) is 110 cm³/mol. The molecule has 0 aliphatic carbocycles. The molecule has 0 aliphatic heterocycles. The SMILES string of the molecule is CC(C(=O)N(CCC#N)c1ccc(F)cc1)N(C)Cc1nc2ccccc2s1. The summed E-state index contributed by atoms with van der Waals surface area (Å²) in [4.78, 5) is 21.2. The Morgan fingerprint density at radius 1 is 1.25 bits per heavy atom. The standard InChI is InChI=1S/C21H21FN4OS/c1-15(25(2)14-20-24-18-6-3-4-7-19(18)28-20)21(27)26(13-5-12-23)17-10-8-16(22)9-11-17/h3-4,6-11,15H,5,13-14H2,1-2H3. The monoisotopic (exact) mass is 396 g/mol. The summed E-state index contributed by atoms with van der Waals surface area (Å²) in [5.41, 5.74) is 1.54. The van der Waals surface area contributed by atoms with Crippen LogP contribution < -0.4 is 4.90 Å². The van der Waals surface area contributed by atoms with Crippen molar-refractivity contribution in [3.8, 4) is 6.07 Å². The van der Waals surface area contributed by atoms with E-state index in [1.165, 1.54) is 12.1 Å². The lowest BCUT2D eigenvalue weighted by Crippen LogP contribution is -2.46. The number of amides is 1. The van der Waals surface area contributed by atoms with Gasteiger partial charge in [0.15, 0.2) is 0 Å². The third-order valence-electron chi connectivity index (χ3n) is 4.59. The van der Waals surface area contributed by atoms with E-state index in [9.17, 15) is 9.18 Å². The van der Waals surface area contributed by atoms with Crippen LogP contribution in [0.3, 0.4) is 0 Å². The Morgan fingerprint density at radius 2 is 1.96 bits per heavy atom. The predicted octanol–water partition coefficient (Wildman–Crippen LogP) is 4.20. The van der Waals surface area contributed by atoms with Gasteiger partial charge in [0.1, 0.15) is 10.8 Å². The lowest BCUT2D eigenvalue weighted by atomic mass is 10.2. The second kappa shape index (κ2) is 8.91. The maximum Gasteiger partial charge on any atom is 0.244 e. The lowest BCUT2D eigenvalue weighted by Gasteiger charge is -2.29. The molecule has 144 valence electrons. The first-order chi connectivity index (χ1) is 13.5. The number of likely N-dealkylation sites (N-methyl/N-ethyl adjacent to an activating group) is 1. The van der Waals surface area contributed by atoms with Crippen LogP contribution in [0.25, 0.3) is 10.2 Å². The Balaban J connectivity index is 1.75. The van der Waals surface area contributed by atoms with Crippen molar-refractivity contribution in [1.82, 2.24) is 9.88 Å². The highest BCUT2D eigenvalue weighted by molar-refractivity contribution is 7.18. The van der Waals surface area contributed by atoms with Crippen LogP contribution in [0.2, 0.25) is 0 Å². The molecule has 0 N–H and O–H groups in total. The van der Waals surface area contributed by atoms with Gasteiger partial charge in [-0.2, -0.15) is 5.26 Å². The number of nitriles is 1. The maximum absolute atomic E-state index is 13.3. The second-order valence-corrected chi connectivity index (χ2v) is 7.66. The summed E-state index contributed by atoms with van der Waals surface area (Å²) in [5, 5.41) is 9.87. The molecule has 0 spiro atoms. The van der Waals surface area contributed by atoms with Gasteiger partial charge < -0.3 is 4.90 Å². The van der Waals surface area contributed by atoms with Gasteiger partial charge in [0, 0.05) is 12.2 Å². The molecular weight excluding hydrogens is 375 g/mol. The van der Waals surface area contributed by atoms with E-state index in [0.29, 0.717) is 12.2 Å². The van der Waals surface area contributed by atoms with Crippen molar-refractivity contribution < 1.29 is 9.18 Å². The molecule has 2 aromatic carbocycles. The molecule has 7 heteroatoms. The van der Waals surface area contributed by atoms with E-state index in [0.717, 1.165) is 15.2 Å². The largest absolute Gasteiger partial charge is 0.310 e. The molecule has 3 aromatic rings. The minimum absolute atomic E-state index is 0.134. The van der Waals surface area contributed by atoms with Gasteiger partial charge in [0.05, 0.1) is 35.3 Å². The van der Waals surface area contributed by atoms with E-state index in [2.05, 4.69) is 11.1 Å². The van der Waals surface area contributed by atoms with Crippen molar-refractivity contribution in [2.24, 2.45) is 0 Å². The third-order valence-corrected chi connectivity index (χ3v) is 5.61. The van der Waals surface area contributed by atoms with E-state index in [-0.39, 0.29) is 24.7 Å². The summed E-state index contributed by atoms with van der Waals surface area (Å²) in [6, 6.07) is 15.3. The Labute approximate surface area is 167 Å². The van der Waals surface area contributed by atoms with Crippen LogP contribution in [-0.4, -0.2) is 35.4 Å². The Bertz CT molecular complexity index is 963. The highest BCUT2D eigenvalue weighted by Gasteiger charge is 2.25. The number of carbonyl (C=O) groups is 1. The Hall–Kier alpha value is -2.82. The number of hydrogen-bond acceptors (Lipinski definition) is 5. The molecule has 5 nitrogen and oxygen atoms in total. The van der Waals surface area contributed by atoms with Gasteiger partial charge in [0.2, 0.25) is 5.91 Å². The molecule has 1 amide bonds. The molecule has 0 bridgehead atoms. The number of fused-ring (bicyclic) bond motifs is 1. The topological polar surface area (TPSA) is 60.2 Å². The van der Waals surface area contributed by atoms with E-state index in [1.54, 1.807) is 28.4 Å². The van der Waals surface area contributed by atoms with Crippen molar-refractivity contribution in [1.29, 1.82) is 5.26 Å². The number of hydrogen-bond donors (Lipinski definition) is 0. The Morgan fingerprint density at radius 3 is 2.64 bits per heavy atom. The van der Waals surface area contributed by atoms with Crippen LogP contribution in [0, 0.1) is 17.1 Å². The van der Waals surface area contributed by atoms with Crippen LogP contribution in [0.15, 0.2) is 48.5 Å². The third kappa shape index (κ3) is 4.53. The summed E-state index contributed by atoms with van der Waals surface area (Å²) in [6.07, 6.45) is 0.206. The smallest absolute Gasteiger partial charge is 0.244 e. The highest BCUT2D eigenvalue weighted by atomic mass is 32.1. The maximum atomic E-state index is 13.3. The summed E-state index contributed by atoms with van der Waals surface area (Å²) < 4.78 is 14.4. The molecule has 1 atom stereocenters. The average Bonchev–Trinajstić information content (AvgIpc) is 3.11. The first-order valence-electron chi connectivity index (χ1n) is 8.98. The van der Waals surface area contributed by atoms with E-state index >= 15 is 0 Å². The van der Waals surface area contributed by atoms with Gasteiger partial charge in [0.25, 0.3) is 0 Å². The quantitative estimate of drug-likeness (QED) is 0.600. The van der Waals surface area contributed by atoms with Crippen LogP contribution in [-0.2, 0) is 11.3 Å². The van der Waals surface area contributed by atoms with E-state index < -0.39 is 6.04 Å². The van der Waals surface area contributed by atoms with E-state index in [1.807, 2.05) is 43.1 Å². The van der Waals surface area contributed by atoms with Gasteiger partial charge in [-0.25, -0.2) is 9.37 Å². The number of aromatic nitrogens is 1. The highest BCUT2D eigenvalue weighted by Crippen LogP contribution is 2.23. The number of anilines is 1. The summed E-state index contributed by atoms with van der Waals surface area (Å²) in [7, 11) is 1.88. The lowest BCUT2D eigenvalue weighted by molar-refractivity contribution is -0.123. The van der Waals surface area contributed by atoms with Gasteiger partial charge in [-0.15, -0.1) is 11.3 Å². The zero-order valence-electron chi connectivity index (χ0n) is 15.8. The van der Waals surface area contributed by atoms with Crippen LogP contribution in [0.5, 0.6) is 0 Å². The summed E-state index contributed by atoms with van der Waals surface area (Å²) in [5.74, 6) is -0.497. The van der Waals surface area contributed by atoms with Crippen LogP contribution in [0.4, 0.5) is 10.1 Å². The second-order valence-electron chi connectivity index (χ2n) is 6.54. The molecule has 3 rings (SSSR count). The fraction of sp³-hybridized carbons (Fsp3) is 0.286. The first kappa shape index (κ1) is 19.9.